The Morgan fingerprint density at radius 1 is 1.25 bits per heavy atom. The minimum absolute atomic E-state index is 0.198. The van der Waals surface area contributed by atoms with E-state index in [4.69, 9.17) is 4.74 Å². The molecule has 1 atom stereocenters. The predicted octanol–water partition coefficient (Wildman–Crippen LogP) is 3.15. The first-order valence-corrected chi connectivity index (χ1v) is 5.95. The fourth-order valence-electron chi connectivity index (χ4n) is 1.82. The first-order chi connectivity index (χ1) is 7.61. The molecule has 0 saturated heterocycles. The molecule has 90 valence electrons. The lowest BCUT2D eigenvalue weighted by Gasteiger charge is -2.34. The molecule has 1 unspecified atom stereocenters. The van der Waals surface area contributed by atoms with E-state index in [1.54, 1.807) is 7.11 Å². The molecule has 0 spiro atoms. The lowest BCUT2D eigenvalue weighted by Crippen LogP contribution is -2.41. The maximum atomic E-state index is 5.59. The summed E-state index contributed by atoms with van der Waals surface area (Å²) in [6, 6.07) is 10.7. The van der Waals surface area contributed by atoms with E-state index in [-0.39, 0.29) is 11.6 Å². The summed E-state index contributed by atoms with van der Waals surface area (Å²) in [5.41, 5.74) is 1.08. The minimum Gasteiger partial charge on any atom is -0.377 e. The Labute approximate surface area is 99.0 Å². The van der Waals surface area contributed by atoms with Crippen molar-refractivity contribution in [3.63, 3.8) is 0 Å². The fraction of sp³-hybridized carbons (Fsp3) is 0.571. The third-order valence-electron chi connectivity index (χ3n) is 2.95. The SMILES string of the molecule is CCCNC(c1ccccc1)C(C)(C)OC. The Morgan fingerprint density at radius 3 is 2.38 bits per heavy atom. The number of hydrogen-bond acceptors (Lipinski definition) is 2. The molecule has 1 N–H and O–H groups in total. The smallest absolute Gasteiger partial charge is 0.0816 e. The summed E-state index contributed by atoms with van der Waals surface area (Å²) < 4.78 is 5.59. The van der Waals surface area contributed by atoms with Crippen LogP contribution in [0.1, 0.15) is 38.8 Å². The zero-order valence-electron chi connectivity index (χ0n) is 10.8. The van der Waals surface area contributed by atoms with Crippen LogP contribution in [0.5, 0.6) is 0 Å². The molecule has 0 aliphatic rings. The van der Waals surface area contributed by atoms with E-state index in [1.165, 1.54) is 5.56 Å². The quantitative estimate of drug-likeness (QED) is 0.796. The molecule has 1 aromatic rings. The van der Waals surface area contributed by atoms with Crippen LogP contribution in [0.2, 0.25) is 0 Å². The van der Waals surface area contributed by atoms with E-state index < -0.39 is 0 Å². The van der Waals surface area contributed by atoms with Crippen molar-refractivity contribution < 1.29 is 4.74 Å². The first kappa shape index (κ1) is 13.2. The van der Waals surface area contributed by atoms with Crippen molar-refractivity contribution in [2.75, 3.05) is 13.7 Å². The van der Waals surface area contributed by atoms with E-state index in [0.29, 0.717) is 0 Å². The zero-order chi connectivity index (χ0) is 12.0. The van der Waals surface area contributed by atoms with E-state index in [1.807, 2.05) is 6.07 Å². The third kappa shape index (κ3) is 3.32. The number of nitrogens with one attached hydrogen (secondary N) is 1. The van der Waals surface area contributed by atoms with Crippen LogP contribution in [0, 0.1) is 0 Å². The number of methoxy groups -OCH3 is 1. The first-order valence-electron chi connectivity index (χ1n) is 5.95. The molecule has 0 aromatic heterocycles. The average Bonchev–Trinajstić information content (AvgIpc) is 2.31. The van der Waals surface area contributed by atoms with Crippen molar-refractivity contribution in [3.05, 3.63) is 35.9 Å². The molecule has 0 fully saturated rings. The van der Waals surface area contributed by atoms with Crippen LogP contribution in [0.3, 0.4) is 0 Å². The summed E-state index contributed by atoms with van der Waals surface area (Å²) in [5.74, 6) is 0. The highest BCUT2D eigenvalue weighted by atomic mass is 16.5. The molecule has 0 aliphatic carbocycles. The van der Waals surface area contributed by atoms with Crippen molar-refractivity contribution in [1.29, 1.82) is 0 Å². The van der Waals surface area contributed by atoms with Crippen molar-refractivity contribution in [2.45, 2.75) is 38.8 Å². The van der Waals surface area contributed by atoms with Crippen LogP contribution in [-0.2, 0) is 4.74 Å². The monoisotopic (exact) mass is 221 g/mol. The molecule has 0 aliphatic heterocycles. The van der Waals surface area contributed by atoms with Gasteiger partial charge in [-0.1, -0.05) is 37.3 Å². The maximum Gasteiger partial charge on any atom is 0.0816 e. The highest BCUT2D eigenvalue weighted by Gasteiger charge is 2.29. The summed E-state index contributed by atoms with van der Waals surface area (Å²) >= 11 is 0. The second kappa shape index (κ2) is 6.02. The van der Waals surface area contributed by atoms with Gasteiger partial charge in [-0.2, -0.15) is 0 Å². The molecule has 0 amide bonds. The Balaban J connectivity index is 2.87. The Kier molecular flexibility index (Phi) is 4.97. The number of rotatable bonds is 6. The van der Waals surface area contributed by atoms with Crippen molar-refractivity contribution in [2.24, 2.45) is 0 Å². The minimum atomic E-state index is -0.198. The van der Waals surface area contributed by atoms with Crippen molar-refractivity contribution in [3.8, 4) is 0 Å². The molecular weight excluding hydrogens is 198 g/mol. The molecule has 0 saturated carbocycles. The van der Waals surface area contributed by atoms with Crippen LogP contribution in [0.4, 0.5) is 0 Å². The largest absolute Gasteiger partial charge is 0.377 e. The van der Waals surface area contributed by atoms with Gasteiger partial charge in [0, 0.05) is 7.11 Å². The van der Waals surface area contributed by atoms with Gasteiger partial charge >= 0.3 is 0 Å². The van der Waals surface area contributed by atoms with Gasteiger partial charge in [-0.15, -0.1) is 0 Å². The van der Waals surface area contributed by atoms with Crippen LogP contribution in [0.15, 0.2) is 30.3 Å². The topological polar surface area (TPSA) is 21.3 Å². The molecule has 0 radical (unpaired) electrons. The molecular formula is C14H23NO. The maximum absolute atomic E-state index is 5.59. The summed E-state index contributed by atoms with van der Waals surface area (Å²) in [6.07, 6.45) is 1.13. The highest BCUT2D eigenvalue weighted by molar-refractivity contribution is 5.21. The fourth-order valence-corrected chi connectivity index (χ4v) is 1.82. The van der Waals surface area contributed by atoms with E-state index in [9.17, 15) is 0 Å². The van der Waals surface area contributed by atoms with Gasteiger partial charge in [0.05, 0.1) is 11.6 Å². The molecule has 16 heavy (non-hydrogen) atoms. The van der Waals surface area contributed by atoms with Crippen LogP contribution >= 0.6 is 0 Å². The Bertz CT molecular complexity index is 295. The molecule has 1 aromatic carbocycles. The molecule has 2 heteroatoms. The number of ether oxygens (including phenoxy) is 1. The van der Waals surface area contributed by atoms with Crippen LogP contribution in [0.25, 0.3) is 0 Å². The Hall–Kier alpha value is -0.860. The van der Waals surface area contributed by atoms with Gasteiger partial charge in [0.1, 0.15) is 0 Å². The number of hydrogen-bond donors (Lipinski definition) is 1. The van der Waals surface area contributed by atoms with E-state index >= 15 is 0 Å². The van der Waals surface area contributed by atoms with Gasteiger partial charge < -0.3 is 10.1 Å². The highest BCUT2D eigenvalue weighted by Crippen LogP contribution is 2.28. The molecule has 0 heterocycles. The van der Waals surface area contributed by atoms with E-state index in [2.05, 4.69) is 50.4 Å². The van der Waals surface area contributed by atoms with Gasteiger partial charge in [-0.05, 0) is 32.4 Å². The van der Waals surface area contributed by atoms with Gasteiger partial charge in [-0.25, -0.2) is 0 Å². The van der Waals surface area contributed by atoms with Crippen LogP contribution in [-0.4, -0.2) is 19.3 Å². The Morgan fingerprint density at radius 2 is 1.88 bits per heavy atom. The van der Waals surface area contributed by atoms with Gasteiger partial charge in [0.25, 0.3) is 0 Å². The van der Waals surface area contributed by atoms with E-state index in [0.717, 1.165) is 13.0 Å². The molecule has 2 nitrogen and oxygen atoms in total. The summed E-state index contributed by atoms with van der Waals surface area (Å²) in [6.45, 7) is 7.42. The second-order valence-electron chi connectivity index (χ2n) is 4.61. The second-order valence-corrected chi connectivity index (χ2v) is 4.61. The van der Waals surface area contributed by atoms with Gasteiger partial charge in [0.2, 0.25) is 0 Å². The summed E-state index contributed by atoms with van der Waals surface area (Å²) in [5, 5.41) is 3.55. The van der Waals surface area contributed by atoms with Crippen molar-refractivity contribution in [1.82, 2.24) is 5.32 Å². The van der Waals surface area contributed by atoms with Gasteiger partial charge in [0.15, 0.2) is 0 Å². The standard InChI is InChI=1S/C14H23NO/c1-5-11-15-13(14(2,3)16-4)12-9-7-6-8-10-12/h6-10,13,15H,5,11H2,1-4H3. The normalized spacial score (nSPS) is 13.8. The molecule has 1 rings (SSSR count). The van der Waals surface area contributed by atoms with Gasteiger partial charge in [-0.3, -0.25) is 0 Å². The lowest BCUT2D eigenvalue weighted by atomic mass is 9.91. The van der Waals surface area contributed by atoms with Crippen molar-refractivity contribution >= 4 is 0 Å². The summed E-state index contributed by atoms with van der Waals surface area (Å²) in [7, 11) is 1.77. The summed E-state index contributed by atoms with van der Waals surface area (Å²) in [4.78, 5) is 0. The molecule has 0 bridgehead atoms. The third-order valence-corrected chi connectivity index (χ3v) is 2.95. The number of benzene rings is 1. The predicted molar refractivity (Wildman–Crippen MR) is 68.6 cm³/mol. The lowest BCUT2D eigenvalue weighted by molar-refractivity contribution is -0.0110. The zero-order valence-corrected chi connectivity index (χ0v) is 10.8. The average molecular weight is 221 g/mol. The van der Waals surface area contributed by atoms with Crippen LogP contribution < -0.4 is 5.32 Å².